The highest BCUT2D eigenvalue weighted by Gasteiger charge is 2.36. The molecule has 2 aliphatic carbocycles. The van der Waals surface area contributed by atoms with E-state index in [9.17, 15) is 19.5 Å². The molecule has 1 N–H and O–H groups in total. The lowest BCUT2D eigenvalue weighted by Gasteiger charge is -2.36. The zero-order chi connectivity index (χ0) is 24.9. The summed E-state index contributed by atoms with van der Waals surface area (Å²) in [6.45, 7) is 2.83. The van der Waals surface area contributed by atoms with Gasteiger partial charge in [-0.25, -0.2) is 4.79 Å². The molecule has 3 aliphatic rings. The Labute approximate surface area is 213 Å². The first-order valence-corrected chi connectivity index (χ1v) is 14.3. The molecule has 35 heavy (non-hydrogen) atoms. The second-order valence-electron chi connectivity index (χ2n) is 10.8. The van der Waals surface area contributed by atoms with E-state index < -0.39 is 5.97 Å². The van der Waals surface area contributed by atoms with E-state index >= 15 is 0 Å². The molecule has 2 amide bonds. The van der Waals surface area contributed by atoms with Gasteiger partial charge in [0.2, 0.25) is 11.8 Å². The Morgan fingerprint density at radius 2 is 1.77 bits per heavy atom. The van der Waals surface area contributed by atoms with E-state index in [0.717, 1.165) is 69.1 Å². The summed E-state index contributed by atoms with van der Waals surface area (Å²) in [5.74, 6) is -0.148. The van der Waals surface area contributed by atoms with E-state index in [0.29, 0.717) is 31.0 Å². The number of carboxylic acids is 1. The fourth-order valence-corrected chi connectivity index (χ4v) is 6.91. The molecular weight excluding hydrogens is 460 g/mol. The van der Waals surface area contributed by atoms with Crippen molar-refractivity contribution in [1.29, 1.82) is 0 Å². The van der Waals surface area contributed by atoms with E-state index in [4.69, 9.17) is 0 Å². The summed E-state index contributed by atoms with van der Waals surface area (Å²) < 4.78 is 0. The van der Waals surface area contributed by atoms with Gasteiger partial charge in [0.15, 0.2) is 0 Å². The maximum Gasteiger partial charge on any atom is 0.348 e. The van der Waals surface area contributed by atoms with Gasteiger partial charge in [0, 0.05) is 36.9 Å². The molecule has 1 aromatic rings. The van der Waals surface area contributed by atoms with Gasteiger partial charge in [-0.05, 0) is 88.2 Å². The fraction of sp³-hybridized carbons (Fsp3) is 0.679. The third-order valence-corrected chi connectivity index (χ3v) is 9.33. The highest BCUT2D eigenvalue weighted by Crippen LogP contribution is 2.41. The van der Waals surface area contributed by atoms with Crippen molar-refractivity contribution in [2.45, 2.75) is 96.4 Å². The van der Waals surface area contributed by atoms with Crippen LogP contribution >= 0.6 is 11.3 Å². The molecule has 1 saturated heterocycles. The molecule has 0 radical (unpaired) electrons. The Bertz CT molecular complexity index is 960. The number of amides is 2. The Kier molecular flexibility index (Phi) is 8.68. The zero-order valence-electron chi connectivity index (χ0n) is 21.3. The number of hydrogen-bond donors (Lipinski definition) is 1. The topological polar surface area (TPSA) is 77.9 Å². The normalized spacial score (nSPS) is 26.3. The molecule has 0 spiro atoms. The predicted molar refractivity (Wildman–Crippen MR) is 141 cm³/mol. The third-order valence-electron chi connectivity index (χ3n) is 8.14. The van der Waals surface area contributed by atoms with Crippen LogP contribution < -0.4 is 4.90 Å². The molecule has 6 nitrogen and oxygen atoms in total. The van der Waals surface area contributed by atoms with Crippen molar-refractivity contribution in [3.63, 3.8) is 0 Å². The third kappa shape index (κ3) is 6.16. The minimum atomic E-state index is -0.960. The van der Waals surface area contributed by atoms with Crippen molar-refractivity contribution in [3.8, 4) is 0 Å². The van der Waals surface area contributed by atoms with E-state index in [2.05, 4.69) is 13.0 Å². The summed E-state index contributed by atoms with van der Waals surface area (Å²) in [6, 6.07) is 1.88. The molecule has 1 aliphatic heterocycles. The van der Waals surface area contributed by atoms with Gasteiger partial charge in [-0.15, -0.1) is 11.3 Å². The van der Waals surface area contributed by atoms with E-state index in [1.165, 1.54) is 23.3 Å². The molecule has 1 aromatic heterocycles. The quantitative estimate of drug-likeness (QED) is 0.511. The number of anilines is 1. The first-order chi connectivity index (χ1) is 16.8. The molecule has 4 rings (SSSR count). The van der Waals surface area contributed by atoms with Crippen LogP contribution in [0.2, 0.25) is 0 Å². The molecule has 192 valence electrons. The van der Waals surface area contributed by atoms with Crippen LogP contribution in [0.3, 0.4) is 0 Å². The van der Waals surface area contributed by atoms with Crippen molar-refractivity contribution >= 4 is 40.4 Å². The van der Waals surface area contributed by atoms with Crippen molar-refractivity contribution < 1.29 is 19.5 Å². The Morgan fingerprint density at radius 1 is 1.03 bits per heavy atom. The first kappa shape index (κ1) is 25.9. The van der Waals surface area contributed by atoms with Gasteiger partial charge in [-0.1, -0.05) is 19.4 Å². The molecule has 7 heteroatoms. The lowest BCUT2D eigenvalue weighted by atomic mass is 9.82. The molecule has 1 saturated carbocycles. The van der Waals surface area contributed by atoms with Gasteiger partial charge in [-0.2, -0.15) is 0 Å². The van der Waals surface area contributed by atoms with Crippen LogP contribution in [0.1, 0.15) is 105 Å². The van der Waals surface area contributed by atoms with Gasteiger partial charge in [-0.3, -0.25) is 9.59 Å². The monoisotopic (exact) mass is 500 g/mol. The summed E-state index contributed by atoms with van der Waals surface area (Å²) >= 11 is 1.32. The van der Waals surface area contributed by atoms with Crippen LogP contribution in [-0.4, -0.2) is 47.4 Å². The SMILES string of the molecule is CC1CCC(C(=O)N(c2cc(C3=CCCCC3)sc2C(=O)O)C2CCCCC(=O)N(C)CC2)CC1. The van der Waals surface area contributed by atoms with Crippen LogP contribution in [0.5, 0.6) is 0 Å². The van der Waals surface area contributed by atoms with Gasteiger partial charge < -0.3 is 14.9 Å². The zero-order valence-corrected chi connectivity index (χ0v) is 22.1. The summed E-state index contributed by atoms with van der Waals surface area (Å²) in [5, 5.41) is 10.2. The van der Waals surface area contributed by atoms with Crippen LogP contribution in [0.4, 0.5) is 5.69 Å². The Hall–Kier alpha value is -2.15. The van der Waals surface area contributed by atoms with E-state index in [-0.39, 0.29) is 28.7 Å². The minimum absolute atomic E-state index is 0.0583. The number of rotatable bonds is 5. The van der Waals surface area contributed by atoms with Crippen LogP contribution in [-0.2, 0) is 9.59 Å². The summed E-state index contributed by atoms with van der Waals surface area (Å²) in [6.07, 6.45) is 14.0. The van der Waals surface area contributed by atoms with Crippen molar-refractivity contribution in [2.24, 2.45) is 11.8 Å². The second-order valence-corrected chi connectivity index (χ2v) is 11.8. The number of thiophene rings is 1. The van der Waals surface area contributed by atoms with Gasteiger partial charge >= 0.3 is 5.97 Å². The fourth-order valence-electron chi connectivity index (χ4n) is 5.85. The van der Waals surface area contributed by atoms with Gasteiger partial charge in [0.1, 0.15) is 4.88 Å². The van der Waals surface area contributed by atoms with Crippen molar-refractivity contribution in [3.05, 3.63) is 21.9 Å². The summed E-state index contributed by atoms with van der Waals surface area (Å²) in [7, 11) is 1.83. The van der Waals surface area contributed by atoms with Crippen LogP contribution in [0.25, 0.3) is 5.57 Å². The number of allylic oxidation sites excluding steroid dienone is 2. The molecule has 2 fully saturated rings. The summed E-state index contributed by atoms with van der Waals surface area (Å²) in [4.78, 5) is 43.8. The molecule has 1 unspecified atom stereocenters. The number of nitrogens with zero attached hydrogens (tertiary/aromatic N) is 2. The molecule has 1 atom stereocenters. The Balaban J connectivity index is 1.72. The smallest absolute Gasteiger partial charge is 0.348 e. The lowest BCUT2D eigenvalue weighted by molar-refractivity contribution is -0.129. The molecule has 0 aromatic carbocycles. The lowest BCUT2D eigenvalue weighted by Crippen LogP contribution is -2.46. The number of hydrogen-bond acceptors (Lipinski definition) is 4. The van der Waals surface area contributed by atoms with E-state index in [1.807, 2.05) is 18.0 Å². The number of carboxylic acid groups (broad SMARTS) is 1. The average molecular weight is 501 g/mol. The van der Waals surface area contributed by atoms with E-state index in [1.54, 1.807) is 4.90 Å². The van der Waals surface area contributed by atoms with Gasteiger partial charge in [0.05, 0.1) is 5.69 Å². The van der Waals surface area contributed by atoms with Crippen LogP contribution in [0, 0.1) is 11.8 Å². The Morgan fingerprint density at radius 3 is 2.46 bits per heavy atom. The maximum absolute atomic E-state index is 14.1. The van der Waals surface area contributed by atoms with Crippen molar-refractivity contribution in [2.75, 3.05) is 18.5 Å². The van der Waals surface area contributed by atoms with Crippen LogP contribution in [0.15, 0.2) is 12.1 Å². The molecule has 2 heterocycles. The number of aromatic carboxylic acids is 1. The minimum Gasteiger partial charge on any atom is -0.477 e. The number of carbonyl (C=O) groups excluding carboxylic acids is 2. The molecular formula is C28H40N2O4S. The predicted octanol–water partition coefficient (Wildman–Crippen LogP) is 6.35. The highest BCUT2D eigenvalue weighted by atomic mass is 32.1. The first-order valence-electron chi connectivity index (χ1n) is 13.5. The number of carbonyl (C=O) groups is 3. The van der Waals surface area contributed by atoms with Gasteiger partial charge in [0.25, 0.3) is 0 Å². The largest absolute Gasteiger partial charge is 0.477 e. The maximum atomic E-state index is 14.1. The second kappa shape index (κ2) is 11.7. The standard InChI is InChI=1S/C28H40N2O4S/c1-19-12-14-21(15-13-19)27(32)30(22-10-6-7-11-25(31)29(2)17-16-22)23-18-24(35-26(23)28(33)34)20-8-4-3-5-9-20/h8,18-19,21-22H,3-7,9-17H2,1-2H3,(H,33,34). The summed E-state index contributed by atoms with van der Waals surface area (Å²) in [5.41, 5.74) is 1.79. The van der Waals surface area contributed by atoms with Crippen molar-refractivity contribution in [1.82, 2.24) is 4.90 Å². The molecule has 0 bridgehead atoms. The average Bonchev–Trinajstić information content (AvgIpc) is 3.32. The highest BCUT2D eigenvalue weighted by molar-refractivity contribution is 7.15.